The molecule has 100 valence electrons. The van der Waals surface area contributed by atoms with Crippen molar-refractivity contribution in [1.29, 1.82) is 0 Å². The van der Waals surface area contributed by atoms with Crippen molar-refractivity contribution in [2.75, 3.05) is 11.9 Å². The van der Waals surface area contributed by atoms with Crippen LogP contribution in [-0.4, -0.2) is 21.0 Å². The number of benzene rings is 1. The summed E-state index contributed by atoms with van der Waals surface area (Å²) in [6.07, 6.45) is 0.964. The number of anilines is 1. The van der Waals surface area contributed by atoms with E-state index < -0.39 is 10.0 Å². The van der Waals surface area contributed by atoms with Crippen molar-refractivity contribution in [2.45, 2.75) is 38.1 Å². The smallest absolute Gasteiger partial charge is 0.240 e. The fraction of sp³-hybridized carbons (Fsp3) is 0.538. The average Bonchev–Trinajstić information content (AvgIpc) is 2.74. The fourth-order valence-corrected chi connectivity index (χ4v) is 3.30. The van der Waals surface area contributed by atoms with Crippen LogP contribution in [0, 0.1) is 5.92 Å². The molecule has 0 amide bonds. The molecule has 5 heteroatoms. The number of hydrogen-bond donors (Lipinski definition) is 2. The molecule has 1 aliphatic heterocycles. The van der Waals surface area contributed by atoms with Gasteiger partial charge < -0.3 is 5.32 Å². The van der Waals surface area contributed by atoms with Gasteiger partial charge in [0.15, 0.2) is 0 Å². The second-order valence-corrected chi connectivity index (χ2v) is 6.86. The van der Waals surface area contributed by atoms with Gasteiger partial charge in [-0.15, -0.1) is 0 Å². The van der Waals surface area contributed by atoms with Gasteiger partial charge in [-0.25, -0.2) is 13.1 Å². The summed E-state index contributed by atoms with van der Waals surface area (Å²) in [5.41, 5.74) is 2.13. The van der Waals surface area contributed by atoms with Gasteiger partial charge in [0.2, 0.25) is 10.0 Å². The molecule has 1 unspecified atom stereocenters. The Morgan fingerprint density at radius 3 is 2.67 bits per heavy atom. The molecule has 1 atom stereocenters. The van der Waals surface area contributed by atoms with Gasteiger partial charge in [0, 0.05) is 18.3 Å². The Morgan fingerprint density at radius 1 is 1.28 bits per heavy atom. The molecular weight excluding hydrogens is 248 g/mol. The largest absolute Gasteiger partial charge is 0.384 e. The predicted molar refractivity (Wildman–Crippen MR) is 73.3 cm³/mol. The van der Waals surface area contributed by atoms with Crippen LogP contribution in [0.1, 0.15) is 26.3 Å². The van der Waals surface area contributed by atoms with Crippen LogP contribution in [0.2, 0.25) is 0 Å². The summed E-state index contributed by atoms with van der Waals surface area (Å²) in [5, 5.41) is 3.20. The van der Waals surface area contributed by atoms with Crippen LogP contribution in [0.25, 0.3) is 0 Å². The van der Waals surface area contributed by atoms with E-state index in [1.807, 2.05) is 26.8 Å². The first kappa shape index (κ1) is 13.4. The van der Waals surface area contributed by atoms with Gasteiger partial charge >= 0.3 is 0 Å². The first-order chi connectivity index (χ1) is 8.40. The molecule has 0 saturated carbocycles. The molecule has 2 rings (SSSR count). The average molecular weight is 268 g/mol. The third-order valence-corrected chi connectivity index (χ3v) is 5.00. The predicted octanol–water partition coefficient (Wildman–Crippen LogP) is 1.98. The van der Waals surface area contributed by atoms with E-state index in [2.05, 4.69) is 10.0 Å². The molecule has 0 radical (unpaired) electrons. The number of nitrogens with one attached hydrogen (secondary N) is 2. The van der Waals surface area contributed by atoms with Crippen LogP contribution in [0.5, 0.6) is 0 Å². The van der Waals surface area contributed by atoms with Crippen molar-refractivity contribution in [3.63, 3.8) is 0 Å². The number of fused-ring (bicyclic) bond motifs is 1. The number of rotatable bonds is 4. The molecule has 0 bridgehead atoms. The third kappa shape index (κ3) is 2.67. The van der Waals surface area contributed by atoms with Crippen molar-refractivity contribution in [1.82, 2.24) is 4.72 Å². The van der Waals surface area contributed by atoms with Crippen LogP contribution in [0.4, 0.5) is 5.69 Å². The maximum atomic E-state index is 12.2. The fourth-order valence-electron chi connectivity index (χ4n) is 1.89. The molecule has 18 heavy (non-hydrogen) atoms. The minimum absolute atomic E-state index is 0.0730. The molecule has 4 nitrogen and oxygen atoms in total. The molecule has 0 saturated heterocycles. The van der Waals surface area contributed by atoms with E-state index in [0.29, 0.717) is 4.90 Å². The first-order valence-electron chi connectivity index (χ1n) is 6.29. The maximum Gasteiger partial charge on any atom is 0.240 e. The van der Waals surface area contributed by atoms with E-state index in [4.69, 9.17) is 0 Å². The summed E-state index contributed by atoms with van der Waals surface area (Å²) in [4.78, 5) is 0.336. The SMILES string of the molecule is CC(C)C(C)NS(=O)(=O)c1ccc2c(c1)NCC2. The van der Waals surface area contributed by atoms with Crippen molar-refractivity contribution >= 4 is 15.7 Å². The molecule has 0 aromatic heterocycles. The van der Waals surface area contributed by atoms with Crippen molar-refractivity contribution in [2.24, 2.45) is 5.92 Å². The second-order valence-electron chi connectivity index (χ2n) is 5.15. The highest BCUT2D eigenvalue weighted by Gasteiger charge is 2.21. The second kappa shape index (κ2) is 4.90. The van der Waals surface area contributed by atoms with Gasteiger partial charge in [-0.3, -0.25) is 0 Å². The van der Waals surface area contributed by atoms with Crippen LogP contribution in [0.3, 0.4) is 0 Å². The lowest BCUT2D eigenvalue weighted by Crippen LogP contribution is -2.36. The number of sulfonamides is 1. The van der Waals surface area contributed by atoms with Gasteiger partial charge in [0.25, 0.3) is 0 Å². The Balaban J connectivity index is 2.25. The Hall–Kier alpha value is -1.07. The summed E-state index contributed by atoms with van der Waals surface area (Å²) in [6.45, 7) is 6.76. The van der Waals surface area contributed by atoms with Gasteiger partial charge in [-0.2, -0.15) is 0 Å². The van der Waals surface area contributed by atoms with Crippen LogP contribution in [-0.2, 0) is 16.4 Å². The Kier molecular flexibility index (Phi) is 3.64. The van der Waals surface area contributed by atoms with Crippen molar-refractivity contribution in [3.05, 3.63) is 23.8 Å². The van der Waals surface area contributed by atoms with Crippen LogP contribution < -0.4 is 10.0 Å². The molecule has 0 spiro atoms. The minimum atomic E-state index is -3.42. The monoisotopic (exact) mass is 268 g/mol. The lowest BCUT2D eigenvalue weighted by molar-refractivity contribution is 0.476. The van der Waals surface area contributed by atoms with E-state index in [0.717, 1.165) is 18.7 Å². The standard InChI is InChI=1S/C13H20N2O2S/c1-9(2)10(3)15-18(16,17)12-5-4-11-6-7-14-13(11)8-12/h4-5,8-10,14-15H,6-7H2,1-3H3. The summed E-state index contributed by atoms with van der Waals surface area (Å²) in [5.74, 6) is 0.271. The van der Waals surface area contributed by atoms with E-state index in [1.54, 1.807) is 12.1 Å². The zero-order valence-corrected chi connectivity index (χ0v) is 11.8. The molecule has 1 aromatic rings. The van der Waals surface area contributed by atoms with E-state index in [9.17, 15) is 8.42 Å². The first-order valence-corrected chi connectivity index (χ1v) is 7.77. The van der Waals surface area contributed by atoms with Crippen LogP contribution in [0.15, 0.2) is 23.1 Å². The topological polar surface area (TPSA) is 58.2 Å². The highest BCUT2D eigenvalue weighted by Crippen LogP contribution is 2.25. The normalized spacial score (nSPS) is 16.4. The Morgan fingerprint density at radius 2 is 2.00 bits per heavy atom. The zero-order chi connectivity index (χ0) is 13.3. The van der Waals surface area contributed by atoms with Crippen molar-refractivity contribution < 1.29 is 8.42 Å². The van der Waals surface area contributed by atoms with Crippen molar-refractivity contribution in [3.8, 4) is 0 Å². The summed E-state index contributed by atoms with van der Waals surface area (Å²) in [6, 6.07) is 5.22. The molecule has 1 aromatic carbocycles. The zero-order valence-electron chi connectivity index (χ0n) is 11.0. The quantitative estimate of drug-likeness (QED) is 0.878. The van der Waals surface area contributed by atoms with Crippen LogP contribution >= 0.6 is 0 Å². The molecule has 2 N–H and O–H groups in total. The minimum Gasteiger partial charge on any atom is -0.384 e. The molecule has 1 aliphatic rings. The molecular formula is C13H20N2O2S. The Bertz CT molecular complexity index is 538. The molecule has 0 fully saturated rings. The molecule has 0 aliphatic carbocycles. The number of hydrogen-bond acceptors (Lipinski definition) is 3. The van der Waals surface area contributed by atoms with Gasteiger partial charge in [-0.05, 0) is 37.0 Å². The van der Waals surface area contributed by atoms with Gasteiger partial charge in [-0.1, -0.05) is 19.9 Å². The van der Waals surface area contributed by atoms with E-state index in [-0.39, 0.29) is 12.0 Å². The lowest BCUT2D eigenvalue weighted by atomic mass is 10.1. The summed E-state index contributed by atoms with van der Waals surface area (Å²) < 4.78 is 27.1. The van der Waals surface area contributed by atoms with Gasteiger partial charge in [0.05, 0.1) is 4.90 Å². The highest BCUT2D eigenvalue weighted by atomic mass is 32.2. The summed E-state index contributed by atoms with van der Waals surface area (Å²) in [7, 11) is -3.42. The van der Waals surface area contributed by atoms with Gasteiger partial charge in [0.1, 0.15) is 0 Å². The highest BCUT2D eigenvalue weighted by molar-refractivity contribution is 7.89. The lowest BCUT2D eigenvalue weighted by Gasteiger charge is -2.17. The van der Waals surface area contributed by atoms with E-state index >= 15 is 0 Å². The third-order valence-electron chi connectivity index (χ3n) is 3.44. The summed E-state index contributed by atoms with van der Waals surface area (Å²) >= 11 is 0. The van der Waals surface area contributed by atoms with E-state index in [1.165, 1.54) is 5.56 Å². The Labute approximate surface area is 109 Å². The molecule has 1 heterocycles. The maximum absolute atomic E-state index is 12.2.